The van der Waals surface area contributed by atoms with Gasteiger partial charge in [-0.25, -0.2) is 0 Å². The summed E-state index contributed by atoms with van der Waals surface area (Å²) in [5.41, 5.74) is 2.87. The molecule has 184 valence electrons. The van der Waals surface area contributed by atoms with Crippen LogP contribution in [0.1, 0.15) is 44.0 Å². The smallest absolute Gasteiger partial charge is 0.389 e. The Morgan fingerprint density at radius 3 is 2.49 bits per heavy atom. The number of nitrogens with one attached hydrogen (secondary N) is 2. The summed E-state index contributed by atoms with van der Waals surface area (Å²) < 4.78 is 38.0. The van der Waals surface area contributed by atoms with Crippen molar-refractivity contribution in [3.05, 3.63) is 58.3 Å². The molecule has 2 amide bonds. The fourth-order valence-corrected chi connectivity index (χ4v) is 4.62. The van der Waals surface area contributed by atoms with Gasteiger partial charge in [-0.3, -0.25) is 14.7 Å². The summed E-state index contributed by atoms with van der Waals surface area (Å²) in [4.78, 5) is 29.4. The molecule has 1 saturated heterocycles. The average Bonchev–Trinajstić information content (AvgIpc) is 3.44. The lowest BCUT2D eigenvalue weighted by Gasteiger charge is -2.27. The highest BCUT2D eigenvalue weighted by atomic mass is 19.4. The SMILES string of the molecule is O=C(c1ccc2c(c1)CN(C(=O)c1cc3c(CCC(F)(F)F)n[nH]c3cc1O)C2)N1CCNCC1. The number of rotatable bonds is 4. The van der Waals surface area contributed by atoms with Crippen molar-refractivity contribution in [2.24, 2.45) is 0 Å². The molecule has 0 bridgehead atoms. The van der Waals surface area contributed by atoms with E-state index in [4.69, 9.17) is 0 Å². The van der Waals surface area contributed by atoms with Crippen molar-refractivity contribution in [3.8, 4) is 5.75 Å². The molecule has 11 heteroatoms. The second-order valence-corrected chi connectivity index (χ2v) is 8.89. The van der Waals surface area contributed by atoms with Crippen LogP contribution in [0.15, 0.2) is 30.3 Å². The zero-order valence-electron chi connectivity index (χ0n) is 18.8. The van der Waals surface area contributed by atoms with E-state index in [9.17, 15) is 27.9 Å². The third-order valence-electron chi connectivity index (χ3n) is 6.50. The fourth-order valence-electron chi connectivity index (χ4n) is 4.62. The zero-order chi connectivity index (χ0) is 24.7. The number of piperazine rings is 1. The standard InChI is InChI=1S/C24H24F3N5O3/c25-24(26,27)4-3-19-17-10-18(21(33)11-20(17)30-29-19)23(35)32-12-15-2-1-14(9-16(15)13-32)22(34)31-7-5-28-6-8-31/h1-2,9-11,28,33H,3-8,12-13H2,(H,29,30). The van der Waals surface area contributed by atoms with Gasteiger partial charge < -0.3 is 20.2 Å². The molecule has 35 heavy (non-hydrogen) atoms. The van der Waals surface area contributed by atoms with Gasteiger partial charge in [0.15, 0.2) is 0 Å². The van der Waals surface area contributed by atoms with Crippen molar-refractivity contribution in [2.45, 2.75) is 32.1 Å². The highest BCUT2D eigenvalue weighted by Gasteiger charge is 2.30. The Kier molecular flexibility index (Phi) is 5.87. The number of benzene rings is 2. The molecule has 0 unspecified atom stereocenters. The molecule has 0 spiro atoms. The van der Waals surface area contributed by atoms with Crippen LogP contribution in [0.2, 0.25) is 0 Å². The van der Waals surface area contributed by atoms with Gasteiger partial charge in [-0.05, 0) is 29.3 Å². The number of phenolic OH excluding ortho intramolecular Hbond substituents is 1. The maximum absolute atomic E-state index is 13.3. The van der Waals surface area contributed by atoms with Crippen molar-refractivity contribution >= 4 is 22.7 Å². The van der Waals surface area contributed by atoms with E-state index in [-0.39, 0.29) is 35.9 Å². The number of halogens is 3. The minimum absolute atomic E-state index is 0.00270. The molecule has 1 fully saturated rings. The lowest BCUT2D eigenvalue weighted by molar-refractivity contribution is -0.134. The van der Waals surface area contributed by atoms with E-state index in [2.05, 4.69) is 15.5 Å². The molecule has 3 heterocycles. The van der Waals surface area contributed by atoms with Crippen molar-refractivity contribution in [1.82, 2.24) is 25.3 Å². The van der Waals surface area contributed by atoms with Gasteiger partial charge in [0.25, 0.3) is 11.8 Å². The number of aromatic nitrogens is 2. The molecule has 2 aliphatic rings. The molecule has 0 radical (unpaired) electrons. The Labute approximate surface area is 198 Å². The van der Waals surface area contributed by atoms with E-state index in [0.717, 1.165) is 24.2 Å². The van der Waals surface area contributed by atoms with E-state index in [1.807, 2.05) is 6.07 Å². The second kappa shape index (κ2) is 8.88. The molecular formula is C24H24F3N5O3. The molecule has 2 aliphatic heterocycles. The van der Waals surface area contributed by atoms with Crippen LogP contribution >= 0.6 is 0 Å². The first kappa shape index (κ1) is 23.2. The molecular weight excluding hydrogens is 463 g/mol. The largest absolute Gasteiger partial charge is 0.507 e. The number of nitrogens with zero attached hydrogens (tertiary/aromatic N) is 3. The highest BCUT2D eigenvalue weighted by molar-refractivity contribution is 6.01. The molecule has 5 rings (SSSR count). The van der Waals surface area contributed by atoms with Gasteiger partial charge in [-0.1, -0.05) is 6.07 Å². The van der Waals surface area contributed by atoms with Crippen LogP contribution in [0.25, 0.3) is 10.9 Å². The monoisotopic (exact) mass is 487 g/mol. The molecule has 2 aromatic carbocycles. The number of fused-ring (bicyclic) bond motifs is 2. The lowest BCUT2D eigenvalue weighted by atomic mass is 10.1. The maximum atomic E-state index is 13.3. The number of hydrogen-bond donors (Lipinski definition) is 3. The number of carbonyl (C=O) groups excluding carboxylic acids is 2. The number of alkyl halides is 3. The van der Waals surface area contributed by atoms with E-state index in [1.54, 1.807) is 21.9 Å². The third kappa shape index (κ3) is 4.68. The summed E-state index contributed by atoms with van der Waals surface area (Å²) in [7, 11) is 0. The van der Waals surface area contributed by atoms with E-state index in [0.29, 0.717) is 36.1 Å². The van der Waals surface area contributed by atoms with Crippen molar-refractivity contribution in [1.29, 1.82) is 0 Å². The number of carbonyl (C=O) groups is 2. The van der Waals surface area contributed by atoms with Gasteiger partial charge in [0.05, 0.1) is 16.8 Å². The lowest BCUT2D eigenvalue weighted by Crippen LogP contribution is -2.46. The summed E-state index contributed by atoms with van der Waals surface area (Å²) in [5, 5.41) is 20.6. The Morgan fingerprint density at radius 1 is 1.00 bits per heavy atom. The van der Waals surface area contributed by atoms with Gasteiger partial charge >= 0.3 is 6.18 Å². The van der Waals surface area contributed by atoms with Crippen LogP contribution in [0.4, 0.5) is 13.2 Å². The first-order valence-corrected chi connectivity index (χ1v) is 11.4. The molecule has 0 atom stereocenters. The Hall–Kier alpha value is -3.60. The molecule has 3 N–H and O–H groups in total. The molecule has 1 aromatic heterocycles. The quantitative estimate of drug-likeness (QED) is 0.525. The summed E-state index contributed by atoms with van der Waals surface area (Å²) in [5.74, 6) is -0.772. The number of hydrogen-bond acceptors (Lipinski definition) is 5. The van der Waals surface area contributed by atoms with Gasteiger partial charge in [-0.2, -0.15) is 18.3 Å². The van der Waals surface area contributed by atoms with E-state index < -0.39 is 18.5 Å². The molecule has 8 nitrogen and oxygen atoms in total. The number of aromatic amines is 1. The minimum Gasteiger partial charge on any atom is -0.507 e. The molecule has 0 saturated carbocycles. The summed E-state index contributed by atoms with van der Waals surface area (Å²) in [6.07, 6.45) is -5.69. The number of aromatic hydroxyl groups is 1. The number of H-pyrrole nitrogens is 1. The number of phenols is 1. The topological polar surface area (TPSA) is 102 Å². The fraction of sp³-hybridized carbons (Fsp3) is 0.375. The number of aryl methyl sites for hydroxylation is 1. The summed E-state index contributed by atoms with van der Waals surface area (Å²) in [6, 6.07) is 8.11. The average molecular weight is 487 g/mol. The minimum atomic E-state index is -4.33. The van der Waals surface area contributed by atoms with Crippen LogP contribution < -0.4 is 5.32 Å². The van der Waals surface area contributed by atoms with Gasteiger partial charge in [0, 0.05) is 69.1 Å². The van der Waals surface area contributed by atoms with Gasteiger partial charge in [-0.15, -0.1) is 0 Å². The third-order valence-corrected chi connectivity index (χ3v) is 6.50. The molecule has 3 aromatic rings. The second-order valence-electron chi connectivity index (χ2n) is 8.89. The Balaban J connectivity index is 1.35. The van der Waals surface area contributed by atoms with Crippen molar-refractivity contribution in [2.75, 3.05) is 26.2 Å². The highest BCUT2D eigenvalue weighted by Crippen LogP contribution is 2.32. The van der Waals surface area contributed by atoms with E-state index >= 15 is 0 Å². The Morgan fingerprint density at radius 2 is 1.74 bits per heavy atom. The first-order chi connectivity index (χ1) is 16.7. The van der Waals surface area contributed by atoms with Gasteiger partial charge in [0.1, 0.15) is 5.75 Å². The van der Waals surface area contributed by atoms with E-state index in [1.165, 1.54) is 12.1 Å². The van der Waals surface area contributed by atoms with Crippen LogP contribution in [0.3, 0.4) is 0 Å². The van der Waals surface area contributed by atoms with Crippen molar-refractivity contribution in [3.63, 3.8) is 0 Å². The van der Waals surface area contributed by atoms with Crippen LogP contribution in [0, 0.1) is 0 Å². The Bertz CT molecular complexity index is 1300. The summed E-state index contributed by atoms with van der Waals surface area (Å²) >= 11 is 0. The van der Waals surface area contributed by atoms with Gasteiger partial charge in [0.2, 0.25) is 0 Å². The number of amides is 2. The zero-order valence-corrected chi connectivity index (χ0v) is 18.8. The molecule has 0 aliphatic carbocycles. The van der Waals surface area contributed by atoms with Crippen LogP contribution in [-0.4, -0.2) is 69.3 Å². The van der Waals surface area contributed by atoms with Crippen LogP contribution in [-0.2, 0) is 19.5 Å². The first-order valence-electron chi connectivity index (χ1n) is 11.4. The predicted octanol–water partition coefficient (Wildman–Crippen LogP) is 2.96. The maximum Gasteiger partial charge on any atom is 0.389 e. The predicted molar refractivity (Wildman–Crippen MR) is 121 cm³/mol. The van der Waals surface area contributed by atoms with Crippen molar-refractivity contribution < 1.29 is 27.9 Å². The van der Waals surface area contributed by atoms with Crippen LogP contribution in [0.5, 0.6) is 5.75 Å². The normalized spacial score (nSPS) is 16.1. The summed E-state index contributed by atoms with van der Waals surface area (Å²) in [6.45, 7) is 3.35.